The summed E-state index contributed by atoms with van der Waals surface area (Å²) < 4.78 is 18.5. The lowest BCUT2D eigenvalue weighted by molar-refractivity contribution is 0.384. The molecule has 0 aromatic heterocycles. The predicted molar refractivity (Wildman–Crippen MR) is 82.0 cm³/mol. The molecule has 0 saturated heterocycles. The molecule has 110 valence electrons. The first kappa shape index (κ1) is 14.1. The van der Waals surface area contributed by atoms with Crippen LogP contribution < -0.4 is 10.1 Å². The average molecular weight is 285 g/mol. The molecular formula is C18H20FNO. The van der Waals surface area contributed by atoms with E-state index in [-0.39, 0.29) is 11.9 Å². The number of aryl methyl sites for hydroxylation is 1. The molecule has 0 saturated carbocycles. The first-order chi connectivity index (χ1) is 10.2. The zero-order chi connectivity index (χ0) is 14.8. The summed E-state index contributed by atoms with van der Waals surface area (Å²) in [5.41, 5.74) is 3.86. The van der Waals surface area contributed by atoms with Crippen LogP contribution in [0, 0.1) is 5.82 Å². The molecule has 1 aliphatic rings. The van der Waals surface area contributed by atoms with Crippen LogP contribution in [0.25, 0.3) is 0 Å². The topological polar surface area (TPSA) is 21.3 Å². The van der Waals surface area contributed by atoms with Crippen molar-refractivity contribution in [3.63, 3.8) is 0 Å². The minimum atomic E-state index is -0.320. The second-order valence-electron chi connectivity index (χ2n) is 5.57. The molecular weight excluding hydrogens is 265 g/mol. The van der Waals surface area contributed by atoms with Crippen LogP contribution in [0.4, 0.5) is 4.39 Å². The van der Waals surface area contributed by atoms with Crippen molar-refractivity contribution in [3.8, 4) is 5.75 Å². The highest BCUT2D eigenvalue weighted by atomic mass is 19.1. The number of nitrogens with one attached hydrogen (secondary N) is 1. The second kappa shape index (κ2) is 5.86. The number of hydrogen-bond acceptors (Lipinski definition) is 2. The Hall–Kier alpha value is -1.87. The van der Waals surface area contributed by atoms with E-state index in [0.717, 1.165) is 18.4 Å². The molecule has 0 bridgehead atoms. The molecule has 2 atom stereocenters. The number of halogens is 1. The van der Waals surface area contributed by atoms with Crippen LogP contribution in [0.5, 0.6) is 5.75 Å². The van der Waals surface area contributed by atoms with Crippen molar-refractivity contribution in [3.05, 3.63) is 65.0 Å². The van der Waals surface area contributed by atoms with Gasteiger partial charge in [-0.2, -0.15) is 0 Å². The molecule has 0 fully saturated rings. The van der Waals surface area contributed by atoms with E-state index >= 15 is 0 Å². The fraction of sp³-hybridized carbons (Fsp3) is 0.333. The summed E-state index contributed by atoms with van der Waals surface area (Å²) in [4.78, 5) is 0. The molecule has 2 aromatic rings. The van der Waals surface area contributed by atoms with Gasteiger partial charge in [0, 0.05) is 12.1 Å². The van der Waals surface area contributed by atoms with Crippen LogP contribution in [0.3, 0.4) is 0 Å². The standard InChI is InChI=1S/C18H20FNO/c1-12(14-7-9-16(19)18(11-14)21-2)20-17-10-8-13-5-3-4-6-15(13)17/h3-7,9,11-12,17,20H,8,10H2,1-2H3. The third-order valence-corrected chi connectivity index (χ3v) is 4.26. The van der Waals surface area contributed by atoms with Crippen molar-refractivity contribution in [2.75, 3.05) is 7.11 Å². The Morgan fingerprint density at radius 1 is 1.24 bits per heavy atom. The lowest BCUT2D eigenvalue weighted by atomic mass is 10.0. The van der Waals surface area contributed by atoms with E-state index in [9.17, 15) is 4.39 Å². The summed E-state index contributed by atoms with van der Waals surface area (Å²) in [6.45, 7) is 2.10. The van der Waals surface area contributed by atoms with Gasteiger partial charge < -0.3 is 10.1 Å². The second-order valence-corrected chi connectivity index (χ2v) is 5.57. The third-order valence-electron chi connectivity index (χ3n) is 4.26. The highest BCUT2D eigenvalue weighted by molar-refractivity contribution is 5.36. The van der Waals surface area contributed by atoms with Crippen LogP contribution in [0.15, 0.2) is 42.5 Å². The van der Waals surface area contributed by atoms with Crippen LogP contribution in [-0.4, -0.2) is 7.11 Å². The lowest BCUT2D eigenvalue weighted by Crippen LogP contribution is -2.23. The normalized spacial score (nSPS) is 18.3. The van der Waals surface area contributed by atoms with E-state index in [2.05, 4.69) is 36.5 Å². The maximum absolute atomic E-state index is 13.5. The van der Waals surface area contributed by atoms with Gasteiger partial charge in [0.05, 0.1) is 7.11 Å². The number of fused-ring (bicyclic) bond motifs is 1. The van der Waals surface area contributed by atoms with Gasteiger partial charge in [-0.3, -0.25) is 0 Å². The van der Waals surface area contributed by atoms with Gasteiger partial charge in [-0.05, 0) is 48.6 Å². The van der Waals surface area contributed by atoms with E-state index in [0.29, 0.717) is 11.8 Å². The van der Waals surface area contributed by atoms with E-state index in [4.69, 9.17) is 4.74 Å². The van der Waals surface area contributed by atoms with Gasteiger partial charge >= 0.3 is 0 Å². The SMILES string of the molecule is COc1cc(C(C)NC2CCc3ccccc32)ccc1F. The number of ether oxygens (including phenoxy) is 1. The third kappa shape index (κ3) is 2.79. The highest BCUT2D eigenvalue weighted by Gasteiger charge is 2.23. The summed E-state index contributed by atoms with van der Waals surface area (Å²) in [7, 11) is 1.49. The van der Waals surface area contributed by atoms with Gasteiger partial charge in [-0.1, -0.05) is 30.3 Å². The van der Waals surface area contributed by atoms with Crippen molar-refractivity contribution in [2.45, 2.75) is 31.8 Å². The van der Waals surface area contributed by atoms with E-state index < -0.39 is 0 Å². The zero-order valence-corrected chi connectivity index (χ0v) is 12.4. The molecule has 0 amide bonds. The molecule has 2 nitrogen and oxygen atoms in total. The van der Waals surface area contributed by atoms with Crippen molar-refractivity contribution in [1.82, 2.24) is 5.32 Å². The van der Waals surface area contributed by atoms with E-state index in [1.165, 1.54) is 24.3 Å². The summed E-state index contributed by atoms with van der Waals surface area (Å²) in [5.74, 6) is -0.0207. The Balaban J connectivity index is 1.77. The molecule has 0 aliphatic heterocycles. The lowest BCUT2D eigenvalue weighted by Gasteiger charge is -2.21. The number of methoxy groups -OCH3 is 1. The van der Waals surface area contributed by atoms with Crippen LogP contribution in [0.1, 0.15) is 42.1 Å². The molecule has 0 heterocycles. The van der Waals surface area contributed by atoms with Gasteiger partial charge in [0.15, 0.2) is 11.6 Å². The Kier molecular flexibility index (Phi) is 3.93. The first-order valence-corrected chi connectivity index (χ1v) is 7.36. The Morgan fingerprint density at radius 2 is 2.05 bits per heavy atom. The summed E-state index contributed by atoms with van der Waals surface area (Å²) in [5, 5.41) is 3.64. The molecule has 3 rings (SSSR count). The van der Waals surface area contributed by atoms with Crippen molar-refractivity contribution in [2.24, 2.45) is 0 Å². The maximum Gasteiger partial charge on any atom is 0.165 e. The van der Waals surface area contributed by atoms with Crippen molar-refractivity contribution in [1.29, 1.82) is 0 Å². The van der Waals surface area contributed by atoms with Gasteiger partial charge in [0.1, 0.15) is 0 Å². The monoisotopic (exact) mass is 285 g/mol. The van der Waals surface area contributed by atoms with Crippen LogP contribution >= 0.6 is 0 Å². The average Bonchev–Trinajstić information content (AvgIpc) is 2.91. The van der Waals surface area contributed by atoms with Crippen LogP contribution in [0.2, 0.25) is 0 Å². The fourth-order valence-electron chi connectivity index (χ4n) is 3.07. The quantitative estimate of drug-likeness (QED) is 0.910. The highest BCUT2D eigenvalue weighted by Crippen LogP contribution is 2.33. The number of benzene rings is 2. The number of hydrogen-bond donors (Lipinski definition) is 1. The molecule has 1 N–H and O–H groups in total. The molecule has 2 unspecified atom stereocenters. The van der Waals surface area contributed by atoms with E-state index in [1.807, 2.05) is 6.07 Å². The maximum atomic E-state index is 13.5. The molecule has 2 aromatic carbocycles. The van der Waals surface area contributed by atoms with Crippen molar-refractivity contribution < 1.29 is 9.13 Å². The Morgan fingerprint density at radius 3 is 2.86 bits per heavy atom. The minimum absolute atomic E-state index is 0.149. The predicted octanol–water partition coefficient (Wildman–Crippen LogP) is 4.17. The molecule has 0 radical (unpaired) electrons. The molecule has 3 heteroatoms. The number of rotatable bonds is 4. The molecule has 1 aliphatic carbocycles. The summed E-state index contributed by atoms with van der Waals surface area (Å²) in [6.07, 6.45) is 2.23. The van der Waals surface area contributed by atoms with Gasteiger partial charge in [0.2, 0.25) is 0 Å². The molecule has 21 heavy (non-hydrogen) atoms. The zero-order valence-electron chi connectivity index (χ0n) is 12.4. The van der Waals surface area contributed by atoms with Crippen molar-refractivity contribution >= 4 is 0 Å². The van der Waals surface area contributed by atoms with Crippen LogP contribution in [-0.2, 0) is 6.42 Å². The largest absolute Gasteiger partial charge is 0.494 e. The Labute approximate surface area is 125 Å². The van der Waals surface area contributed by atoms with Gasteiger partial charge in [0.25, 0.3) is 0 Å². The first-order valence-electron chi connectivity index (χ1n) is 7.36. The molecule has 0 spiro atoms. The van der Waals surface area contributed by atoms with Gasteiger partial charge in [-0.15, -0.1) is 0 Å². The smallest absolute Gasteiger partial charge is 0.165 e. The van der Waals surface area contributed by atoms with E-state index in [1.54, 1.807) is 6.07 Å². The minimum Gasteiger partial charge on any atom is -0.494 e. The van der Waals surface area contributed by atoms with Gasteiger partial charge in [-0.25, -0.2) is 4.39 Å². The Bertz CT molecular complexity index is 641. The summed E-state index contributed by atoms with van der Waals surface area (Å²) >= 11 is 0. The fourth-order valence-corrected chi connectivity index (χ4v) is 3.07. The summed E-state index contributed by atoms with van der Waals surface area (Å²) in [6, 6.07) is 14.1.